The zero-order valence-corrected chi connectivity index (χ0v) is 8.82. The highest BCUT2D eigenvalue weighted by Crippen LogP contribution is 2.17. The molecule has 6 heteroatoms. The average Bonchev–Trinajstić information content (AvgIpc) is 2.66. The Morgan fingerprint density at radius 1 is 1.43 bits per heavy atom. The molecule has 0 aromatic carbocycles. The number of aromatic nitrogens is 4. The molecule has 0 unspecified atom stereocenters. The molecule has 0 spiro atoms. The predicted molar refractivity (Wildman–Crippen MR) is 55.2 cm³/mol. The molecule has 3 N–H and O–H groups in total. The first kappa shape index (κ1) is 9.29. The summed E-state index contributed by atoms with van der Waals surface area (Å²) in [6.45, 7) is 0.356. The highest BCUT2D eigenvalue weighted by atomic mass is 79.9. The molecule has 0 saturated heterocycles. The number of nitrogens with zero attached hydrogens (tertiary/aromatic N) is 3. The summed E-state index contributed by atoms with van der Waals surface area (Å²) in [4.78, 5) is 8.21. The van der Waals surface area contributed by atoms with Gasteiger partial charge in [0.05, 0.1) is 6.54 Å². The molecule has 5 nitrogen and oxygen atoms in total. The van der Waals surface area contributed by atoms with E-state index < -0.39 is 0 Å². The minimum Gasteiger partial charge on any atom is -0.324 e. The number of nitrogens with one attached hydrogen (secondary N) is 1. The van der Waals surface area contributed by atoms with Crippen molar-refractivity contribution >= 4 is 15.9 Å². The van der Waals surface area contributed by atoms with E-state index in [-0.39, 0.29) is 0 Å². The summed E-state index contributed by atoms with van der Waals surface area (Å²) in [5.41, 5.74) is 6.27. The van der Waals surface area contributed by atoms with E-state index in [2.05, 4.69) is 36.1 Å². The summed E-state index contributed by atoms with van der Waals surface area (Å²) in [6.07, 6.45) is 3.41. The standard InChI is InChI=1S/C8H8BrN5/c9-6-1-5(3-11-4-6)8-12-7(2-10)13-14-8/h1,3-4H,2,10H2,(H,12,13,14). The van der Waals surface area contributed by atoms with E-state index >= 15 is 0 Å². The molecular weight excluding hydrogens is 246 g/mol. The number of nitrogens with two attached hydrogens (primary N) is 1. The van der Waals surface area contributed by atoms with Crippen molar-refractivity contribution in [2.24, 2.45) is 5.73 Å². The highest BCUT2D eigenvalue weighted by molar-refractivity contribution is 9.10. The fraction of sp³-hybridized carbons (Fsp3) is 0.125. The topological polar surface area (TPSA) is 80.5 Å². The van der Waals surface area contributed by atoms with E-state index in [0.717, 1.165) is 10.0 Å². The number of aromatic amines is 1. The van der Waals surface area contributed by atoms with Gasteiger partial charge in [0.2, 0.25) is 0 Å². The van der Waals surface area contributed by atoms with Crippen LogP contribution in [0.2, 0.25) is 0 Å². The number of halogens is 1. The zero-order valence-electron chi connectivity index (χ0n) is 7.24. The van der Waals surface area contributed by atoms with Crippen LogP contribution in [-0.2, 0) is 6.54 Å². The van der Waals surface area contributed by atoms with Crippen molar-refractivity contribution in [2.75, 3.05) is 0 Å². The Labute approximate surface area is 88.9 Å². The lowest BCUT2D eigenvalue weighted by atomic mass is 10.3. The third-order valence-electron chi connectivity index (χ3n) is 1.69. The van der Waals surface area contributed by atoms with Crippen molar-refractivity contribution in [3.05, 3.63) is 28.8 Å². The van der Waals surface area contributed by atoms with E-state index in [1.54, 1.807) is 12.4 Å². The molecule has 0 bridgehead atoms. The summed E-state index contributed by atoms with van der Waals surface area (Å²) in [5, 5.41) is 6.77. The molecule has 0 fully saturated rings. The van der Waals surface area contributed by atoms with Crippen LogP contribution in [0.4, 0.5) is 0 Å². The molecule has 2 heterocycles. The Morgan fingerprint density at radius 2 is 2.29 bits per heavy atom. The van der Waals surface area contributed by atoms with Crippen LogP contribution in [0.5, 0.6) is 0 Å². The van der Waals surface area contributed by atoms with E-state index in [4.69, 9.17) is 5.73 Å². The largest absolute Gasteiger partial charge is 0.324 e. The Balaban J connectivity index is 2.39. The Bertz CT molecular complexity index is 439. The first-order valence-corrected chi connectivity index (χ1v) is 4.81. The van der Waals surface area contributed by atoms with Crippen molar-refractivity contribution in [1.29, 1.82) is 0 Å². The van der Waals surface area contributed by atoms with Crippen molar-refractivity contribution in [3.63, 3.8) is 0 Å². The normalized spacial score (nSPS) is 10.4. The Kier molecular flexibility index (Phi) is 2.55. The van der Waals surface area contributed by atoms with Crippen molar-refractivity contribution in [3.8, 4) is 11.4 Å². The van der Waals surface area contributed by atoms with Gasteiger partial charge in [0, 0.05) is 22.4 Å². The van der Waals surface area contributed by atoms with Crippen LogP contribution in [-0.4, -0.2) is 20.2 Å². The van der Waals surface area contributed by atoms with E-state index in [0.29, 0.717) is 18.2 Å². The van der Waals surface area contributed by atoms with Gasteiger partial charge in [-0.3, -0.25) is 10.1 Å². The molecule has 0 radical (unpaired) electrons. The summed E-state index contributed by atoms with van der Waals surface area (Å²) in [7, 11) is 0. The molecule has 0 amide bonds. The number of pyridine rings is 1. The fourth-order valence-electron chi connectivity index (χ4n) is 1.05. The van der Waals surface area contributed by atoms with E-state index in [1.807, 2.05) is 6.07 Å². The third-order valence-corrected chi connectivity index (χ3v) is 2.12. The maximum absolute atomic E-state index is 5.41. The number of hydrogen-bond acceptors (Lipinski definition) is 4. The van der Waals surface area contributed by atoms with Crippen LogP contribution < -0.4 is 5.73 Å². The number of hydrogen-bond donors (Lipinski definition) is 2. The smallest absolute Gasteiger partial charge is 0.182 e. The molecule has 0 saturated carbocycles. The van der Waals surface area contributed by atoms with Gasteiger partial charge < -0.3 is 5.73 Å². The van der Waals surface area contributed by atoms with Gasteiger partial charge in [0.1, 0.15) is 5.82 Å². The predicted octanol–water partition coefficient (Wildman–Crippen LogP) is 1.09. The molecule has 0 atom stereocenters. The minimum absolute atomic E-state index is 0.356. The number of rotatable bonds is 2. The van der Waals surface area contributed by atoms with Gasteiger partial charge in [-0.1, -0.05) is 0 Å². The molecular formula is C8H8BrN5. The second-order valence-corrected chi connectivity index (χ2v) is 3.62. The molecule has 2 rings (SSSR count). The van der Waals surface area contributed by atoms with Gasteiger partial charge in [-0.25, -0.2) is 4.98 Å². The molecule has 14 heavy (non-hydrogen) atoms. The van der Waals surface area contributed by atoms with Gasteiger partial charge in [-0.2, -0.15) is 5.10 Å². The van der Waals surface area contributed by atoms with Crippen LogP contribution in [0.15, 0.2) is 22.9 Å². The van der Waals surface area contributed by atoms with E-state index in [9.17, 15) is 0 Å². The monoisotopic (exact) mass is 253 g/mol. The first-order chi connectivity index (χ1) is 6.79. The van der Waals surface area contributed by atoms with Crippen LogP contribution >= 0.6 is 15.9 Å². The Hall–Kier alpha value is -1.27. The lowest BCUT2D eigenvalue weighted by molar-refractivity contribution is 0.917. The maximum atomic E-state index is 5.41. The van der Waals surface area contributed by atoms with Crippen LogP contribution in [0.25, 0.3) is 11.4 Å². The molecule has 0 aliphatic heterocycles. The minimum atomic E-state index is 0.356. The van der Waals surface area contributed by atoms with Crippen molar-refractivity contribution in [1.82, 2.24) is 20.2 Å². The lowest BCUT2D eigenvalue weighted by Crippen LogP contribution is -1.97. The molecule has 0 aliphatic rings. The number of H-pyrrole nitrogens is 1. The fourth-order valence-corrected chi connectivity index (χ4v) is 1.41. The third kappa shape index (κ3) is 1.80. The molecule has 0 aliphatic carbocycles. The van der Waals surface area contributed by atoms with Crippen LogP contribution in [0.1, 0.15) is 5.82 Å². The second kappa shape index (κ2) is 3.85. The van der Waals surface area contributed by atoms with Gasteiger partial charge >= 0.3 is 0 Å². The summed E-state index contributed by atoms with van der Waals surface area (Å²) < 4.78 is 0.897. The molecule has 2 aromatic rings. The van der Waals surface area contributed by atoms with Crippen molar-refractivity contribution in [2.45, 2.75) is 6.54 Å². The molecule has 2 aromatic heterocycles. The summed E-state index contributed by atoms with van der Waals surface area (Å²) in [6, 6.07) is 1.90. The Morgan fingerprint density at radius 3 is 2.93 bits per heavy atom. The van der Waals surface area contributed by atoms with Gasteiger partial charge in [-0.15, -0.1) is 0 Å². The maximum Gasteiger partial charge on any atom is 0.182 e. The average molecular weight is 254 g/mol. The lowest BCUT2D eigenvalue weighted by Gasteiger charge is -1.93. The SMILES string of the molecule is NCc1nc(-c2cncc(Br)c2)n[nH]1. The van der Waals surface area contributed by atoms with Crippen molar-refractivity contribution < 1.29 is 0 Å². The second-order valence-electron chi connectivity index (χ2n) is 2.70. The zero-order chi connectivity index (χ0) is 9.97. The van der Waals surface area contributed by atoms with Gasteiger partial charge in [0.15, 0.2) is 5.82 Å². The van der Waals surface area contributed by atoms with Crippen LogP contribution in [0, 0.1) is 0 Å². The summed E-state index contributed by atoms with van der Waals surface area (Å²) >= 11 is 3.33. The summed E-state index contributed by atoms with van der Waals surface area (Å²) in [5.74, 6) is 1.28. The highest BCUT2D eigenvalue weighted by Gasteiger charge is 2.05. The molecule has 72 valence electrons. The quantitative estimate of drug-likeness (QED) is 0.840. The van der Waals surface area contributed by atoms with Gasteiger partial charge in [0.25, 0.3) is 0 Å². The van der Waals surface area contributed by atoms with Crippen LogP contribution in [0.3, 0.4) is 0 Å². The van der Waals surface area contributed by atoms with Gasteiger partial charge in [-0.05, 0) is 22.0 Å². The van der Waals surface area contributed by atoms with E-state index in [1.165, 1.54) is 0 Å². The first-order valence-electron chi connectivity index (χ1n) is 4.02.